The van der Waals surface area contributed by atoms with Crippen molar-refractivity contribution < 1.29 is 0 Å². The third-order valence-corrected chi connectivity index (χ3v) is 3.74. The van der Waals surface area contributed by atoms with Gasteiger partial charge in [-0.05, 0) is 25.3 Å². The van der Waals surface area contributed by atoms with E-state index in [9.17, 15) is 0 Å². The highest BCUT2D eigenvalue weighted by atomic mass is 35.5. The van der Waals surface area contributed by atoms with Gasteiger partial charge < -0.3 is 5.32 Å². The normalized spacial score (nSPS) is 13.2. The van der Waals surface area contributed by atoms with Crippen LogP contribution in [0.1, 0.15) is 58.2 Å². The minimum atomic E-state index is 0.315. The average molecular weight is 272 g/mol. The van der Waals surface area contributed by atoms with E-state index in [1.165, 1.54) is 25.7 Å². The predicted molar refractivity (Wildman–Crippen MR) is 77.9 cm³/mol. The molecule has 0 amide bonds. The lowest BCUT2D eigenvalue weighted by atomic mass is 9.88. The molecular formula is C14H26ClN3. The standard InChI is InChI=1S/C14H26ClN3/c1-5-8-11(9-6-2)13(16-7-3)14-12(15)10-17-18(14)4/h10-11,13,16H,5-9H2,1-4H3. The number of nitrogens with one attached hydrogen (secondary N) is 1. The number of rotatable bonds is 8. The van der Waals surface area contributed by atoms with Gasteiger partial charge >= 0.3 is 0 Å². The summed E-state index contributed by atoms with van der Waals surface area (Å²) in [6.07, 6.45) is 6.63. The maximum absolute atomic E-state index is 6.30. The molecule has 104 valence electrons. The first kappa shape index (κ1) is 15.5. The fraction of sp³-hybridized carbons (Fsp3) is 0.786. The molecule has 1 heterocycles. The van der Waals surface area contributed by atoms with Crippen molar-refractivity contribution in [3.63, 3.8) is 0 Å². The van der Waals surface area contributed by atoms with Gasteiger partial charge in [-0.1, -0.05) is 45.2 Å². The van der Waals surface area contributed by atoms with Crippen LogP contribution in [0.4, 0.5) is 0 Å². The Morgan fingerprint density at radius 2 is 1.89 bits per heavy atom. The summed E-state index contributed by atoms with van der Waals surface area (Å²) in [5, 5.41) is 8.64. The summed E-state index contributed by atoms with van der Waals surface area (Å²) in [7, 11) is 1.97. The van der Waals surface area contributed by atoms with Crippen molar-refractivity contribution in [1.82, 2.24) is 15.1 Å². The molecule has 1 aromatic rings. The minimum Gasteiger partial charge on any atom is -0.309 e. The van der Waals surface area contributed by atoms with Crippen LogP contribution in [0, 0.1) is 5.92 Å². The van der Waals surface area contributed by atoms with E-state index in [0.29, 0.717) is 12.0 Å². The lowest BCUT2D eigenvalue weighted by Gasteiger charge is -2.28. The van der Waals surface area contributed by atoms with Crippen LogP contribution in [-0.4, -0.2) is 16.3 Å². The van der Waals surface area contributed by atoms with Gasteiger partial charge in [-0.2, -0.15) is 5.10 Å². The summed E-state index contributed by atoms with van der Waals surface area (Å²) >= 11 is 6.30. The van der Waals surface area contributed by atoms with Crippen LogP contribution in [0.15, 0.2) is 6.20 Å². The fourth-order valence-corrected chi connectivity index (χ4v) is 2.98. The maximum atomic E-state index is 6.30. The molecule has 3 nitrogen and oxygen atoms in total. The van der Waals surface area contributed by atoms with E-state index in [4.69, 9.17) is 11.6 Å². The lowest BCUT2D eigenvalue weighted by Crippen LogP contribution is -2.30. The molecule has 1 aromatic heterocycles. The zero-order valence-electron chi connectivity index (χ0n) is 12.0. The molecule has 0 aliphatic rings. The predicted octanol–water partition coefficient (Wildman–Crippen LogP) is 3.94. The smallest absolute Gasteiger partial charge is 0.0834 e. The summed E-state index contributed by atoms with van der Waals surface area (Å²) in [6.45, 7) is 7.59. The lowest BCUT2D eigenvalue weighted by molar-refractivity contribution is 0.308. The number of aromatic nitrogens is 2. The topological polar surface area (TPSA) is 29.9 Å². The van der Waals surface area contributed by atoms with Crippen molar-refractivity contribution in [2.45, 2.75) is 52.5 Å². The van der Waals surface area contributed by atoms with E-state index >= 15 is 0 Å². The van der Waals surface area contributed by atoms with Crippen molar-refractivity contribution in [3.8, 4) is 0 Å². The van der Waals surface area contributed by atoms with Gasteiger partial charge in [-0.15, -0.1) is 0 Å². The Bertz CT molecular complexity index is 323. The molecule has 4 heteroatoms. The molecule has 0 aliphatic carbocycles. The quantitative estimate of drug-likeness (QED) is 0.776. The Kier molecular flexibility index (Phi) is 6.72. The molecule has 0 spiro atoms. The summed E-state index contributed by atoms with van der Waals surface area (Å²) < 4.78 is 1.91. The Hall–Kier alpha value is -0.540. The largest absolute Gasteiger partial charge is 0.309 e. The monoisotopic (exact) mass is 271 g/mol. The summed E-state index contributed by atoms with van der Waals surface area (Å²) in [5.41, 5.74) is 1.13. The molecular weight excluding hydrogens is 246 g/mol. The molecule has 0 fully saturated rings. The second kappa shape index (κ2) is 7.80. The number of nitrogens with zero attached hydrogens (tertiary/aromatic N) is 2. The zero-order chi connectivity index (χ0) is 13.5. The molecule has 0 saturated heterocycles. The number of hydrogen-bond acceptors (Lipinski definition) is 2. The van der Waals surface area contributed by atoms with E-state index < -0.39 is 0 Å². The van der Waals surface area contributed by atoms with Crippen LogP contribution in [-0.2, 0) is 7.05 Å². The molecule has 0 aliphatic heterocycles. The first-order chi connectivity index (χ1) is 8.65. The molecule has 1 rings (SSSR count). The van der Waals surface area contributed by atoms with Gasteiger partial charge in [0.1, 0.15) is 0 Å². The molecule has 18 heavy (non-hydrogen) atoms. The second-order valence-electron chi connectivity index (χ2n) is 4.87. The third kappa shape index (κ3) is 3.72. The number of halogens is 1. The van der Waals surface area contributed by atoms with E-state index in [-0.39, 0.29) is 0 Å². The molecule has 0 radical (unpaired) electrons. The van der Waals surface area contributed by atoms with Gasteiger partial charge in [0.15, 0.2) is 0 Å². The molecule has 1 unspecified atom stereocenters. The Morgan fingerprint density at radius 1 is 1.28 bits per heavy atom. The summed E-state index contributed by atoms with van der Waals surface area (Å²) in [6, 6.07) is 0.315. The maximum Gasteiger partial charge on any atom is 0.0834 e. The van der Waals surface area contributed by atoms with E-state index in [1.807, 2.05) is 11.7 Å². The van der Waals surface area contributed by atoms with Gasteiger partial charge in [0.25, 0.3) is 0 Å². The van der Waals surface area contributed by atoms with Gasteiger partial charge in [-0.25, -0.2) is 0 Å². The van der Waals surface area contributed by atoms with Crippen LogP contribution in [0.3, 0.4) is 0 Å². The highest BCUT2D eigenvalue weighted by Gasteiger charge is 2.26. The van der Waals surface area contributed by atoms with Crippen LogP contribution in [0.2, 0.25) is 5.02 Å². The summed E-state index contributed by atoms with van der Waals surface area (Å²) in [5.74, 6) is 0.632. The van der Waals surface area contributed by atoms with Crippen molar-refractivity contribution in [2.24, 2.45) is 13.0 Å². The Morgan fingerprint density at radius 3 is 2.28 bits per heavy atom. The van der Waals surface area contributed by atoms with Crippen LogP contribution in [0.25, 0.3) is 0 Å². The SMILES string of the molecule is CCCC(CCC)C(NCC)c1c(Cl)cnn1C. The highest BCUT2D eigenvalue weighted by molar-refractivity contribution is 6.31. The summed E-state index contributed by atoms with van der Waals surface area (Å²) in [4.78, 5) is 0. The Balaban J connectivity index is 2.98. The van der Waals surface area contributed by atoms with Gasteiger partial charge in [0.2, 0.25) is 0 Å². The van der Waals surface area contributed by atoms with Crippen molar-refractivity contribution in [3.05, 3.63) is 16.9 Å². The van der Waals surface area contributed by atoms with Crippen molar-refractivity contribution in [1.29, 1.82) is 0 Å². The zero-order valence-corrected chi connectivity index (χ0v) is 12.8. The third-order valence-electron chi connectivity index (χ3n) is 3.45. The van der Waals surface area contributed by atoms with Gasteiger partial charge in [0.05, 0.1) is 23.0 Å². The molecule has 1 N–H and O–H groups in total. The molecule has 1 atom stereocenters. The highest BCUT2D eigenvalue weighted by Crippen LogP contribution is 2.33. The number of hydrogen-bond donors (Lipinski definition) is 1. The Labute approximate surface area is 116 Å². The average Bonchev–Trinajstić information content (AvgIpc) is 2.66. The first-order valence-corrected chi connectivity index (χ1v) is 7.44. The van der Waals surface area contributed by atoms with Crippen molar-refractivity contribution in [2.75, 3.05) is 6.54 Å². The van der Waals surface area contributed by atoms with E-state index in [0.717, 1.165) is 17.3 Å². The van der Waals surface area contributed by atoms with Gasteiger partial charge in [-0.3, -0.25) is 4.68 Å². The van der Waals surface area contributed by atoms with Crippen LogP contribution >= 0.6 is 11.6 Å². The molecule has 0 bridgehead atoms. The molecule has 0 saturated carbocycles. The van der Waals surface area contributed by atoms with Crippen molar-refractivity contribution >= 4 is 11.6 Å². The molecule has 0 aromatic carbocycles. The minimum absolute atomic E-state index is 0.315. The van der Waals surface area contributed by atoms with E-state index in [1.54, 1.807) is 6.20 Å². The van der Waals surface area contributed by atoms with Gasteiger partial charge in [0, 0.05) is 7.05 Å². The fourth-order valence-electron chi connectivity index (χ4n) is 2.70. The van der Waals surface area contributed by atoms with Crippen LogP contribution in [0.5, 0.6) is 0 Å². The van der Waals surface area contributed by atoms with Crippen LogP contribution < -0.4 is 5.32 Å². The van der Waals surface area contributed by atoms with E-state index in [2.05, 4.69) is 31.2 Å². The number of aryl methyl sites for hydroxylation is 1. The first-order valence-electron chi connectivity index (χ1n) is 7.06. The second-order valence-corrected chi connectivity index (χ2v) is 5.28.